The quantitative estimate of drug-likeness (QED) is 0.863. The Morgan fingerprint density at radius 1 is 1.52 bits per heavy atom. The highest BCUT2D eigenvalue weighted by Gasteiger charge is 2.27. The van der Waals surface area contributed by atoms with E-state index in [1.807, 2.05) is 25.1 Å². The van der Waals surface area contributed by atoms with E-state index in [0.717, 1.165) is 16.9 Å². The molecule has 0 aromatic heterocycles. The summed E-state index contributed by atoms with van der Waals surface area (Å²) >= 11 is 0. The van der Waals surface area contributed by atoms with E-state index in [4.69, 9.17) is 10.5 Å². The highest BCUT2D eigenvalue weighted by molar-refractivity contribution is 5.76. The van der Waals surface area contributed by atoms with Crippen molar-refractivity contribution in [2.75, 3.05) is 20.2 Å². The molecule has 1 aliphatic rings. The van der Waals surface area contributed by atoms with Crippen molar-refractivity contribution in [3.05, 3.63) is 29.3 Å². The van der Waals surface area contributed by atoms with Crippen LogP contribution in [0.3, 0.4) is 0 Å². The number of rotatable bonds is 4. The van der Waals surface area contributed by atoms with Crippen LogP contribution in [0.15, 0.2) is 18.2 Å². The Kier molecular flexibility index (Phi) is 5.20. The summed E-state index contributed by atoms with van der Waals surface area (Å²) in [5.41, 5.74) is 7.92. The second-order valence-electron chi connectivity index (χ2n) is 5.66. The smallest absolute Gasteiger partial charge is 0.222 e. The fourth-order valence-electron chi connectivity index (χ4n) is 2.61. The topological polar surface area (TPSA) is 75.8 Å². The summed E-state index contributed by atoms with van der Waals surface area (Å²) in [7, 11) is 1.65. The van der Waals surface area contributed by atoms with Gasteiger partial charge in [-0.05, 0) is 37.0 Å². The molecule has 1 fully saturated rings. The van der Waals surface area contributed by atoms with Gasteiger partial charge in [0.15, 0.2) is 0 Å². The van der Waals surface area contributed by atoms with Gasteiger partial charge in [-0.15, -0.1) is 0 Å². The molecule has 21 heavy (non-hydrogen) atoms. The third-order valence-corrected chi connectivity index (χ3v) is 4.09. The number of benzene rings is 1. The number of aliphatic hydroxyl groups is 1. The van der Waals surface area contributed by atoms with Crippen LogP contribution in [0.1, 0.15) is 24.0 Å². The lowest BCUT2D eigenvalue weighted by molar-refractivity contribution is -0.134. The Balaban J connectivity index is 1.89. The standard InChI is InChI=1S/C16H24N2O3/c1-11-3-4-12(9-15(11)21-2)5-6-16(20)18-8-7-13(17)14(19)10-18/h3-4,9,13-14,19H,5-8,10,17H2,1-2H3/t13-,14-/m1/s1. The number of β-amino-alcohol motifs (C(OH)–C–C–N with tert-alkyl or cyclic N) is 1. The molecule has 1 aromatic carbocycles. The second-order valence-corrected chi connectivity index (χ2v) is 5.66. The van der Waals surface area contributed by atoms with Gasteiger partial charge in [0, 0.05) is 25.6 Å². The maximum absolute atomic E-state index is 12.2. The normalized spacial score (nSPS) is 22.2. The number of hydrogen-bond donors (Lipinski definition) is 2. The molecule has 1 saturated heterocycles. The molecule has 2 atom stereocenters. The molecule has 0 unspecified atom stereocenters. The van der Waals surface area contributed by atoms with Crippen molar-refractivity contribution in [1.29, 1.82) is 0 Å². The first-order valence-electron chi connectivity index (χ1n) is 7.36. The van der Waals surface area contributed by atoms with E-state index in [0.29, 0.717) is 32.4 Å². The molecule has 5 nitrogen and oxygen atoms in total. The zero-order chi connectivity index (χ0) is 15.4. The van der Waals surface area contributed by atoms with Gasteiger partial charge in [-0.3, -0.25) is 4.79 Å². The van der Waals surface area contributed by atoms with Crippen LogP contribution in [-0.2, 0) is 11.2 Å². The van der Waals surface area contributed by atoms with Gasteiger partial charge in [0.05, 0.1) is 13.2 Å². The van der Waals surface area contributed by atoms with Crippen LogP contribution < -0.4 is 10.5 Å². The number of hydrogen-bond acceptors (Lipinski definition) is 4. The van der Waals surface area contributed by atoms with Gasteiger partial charge >= 0.3 is 0 Å². The molecule has 0 radical (unpaired) electrons. The van der Waals surface area contributed by atoms with Crippen LogP contribution in [0.5, 0.6) is 5.75 Å². The van der Waals surface area contributed by atoms with Crippen LogP contribution >= 0.6 is 0 Å². The predicted molar refractivity (Wildman–Crippen MR) is 81.2 cm³/mol. The molecule has 1 heterocycles. The fraction of sp³-hybridized carbons (Fsp3) is 0.562. The Labute approximate surface area is 125 Å². The zero-order valence-electron chi connectivity index (χ0n) is 12.7. The summed E-state index contributed by atoms with van der Waals surface area (Å²) in [4.78, 5) is 13.9. The number of likely N-dealkylation sites (tertiary alicyclic amines) is 1. The van der Waals surface area contributed by atoms with Crippen molar-refractivity contribution >= 4 is 5.91 Å². The van der Waals surface area contributed by atoms with Crippen molar-refractivity contribution < 1.29 is 14.6 Å². The summed E-state index contributed by atoms with van der Waals surface area (Å²) in [6.45, 7) is 2.97. The largest absolute Gasteiger partial charge is 0.496 e. The zero-order valence-corrected chi connectivity index (χ0v) is 12.7. The van der Waals surface area contributed by atoms with E-state index in [1.165, 1.54) is 0 Å². The summed E-state index contributed by atoms with van der Waals surface area (Å²) in [6, 6.07) is 5.79. The maximum Gasteiger partial charge on any atom is 0.222 e. The van der Waals surface area contributed by atoms with Gasteiger partial charge in [-0.2, -0.15) is 0 Å². The number of methoxy groups -OCH3 is 1. The number of nitrogens with two attached hydrogens (primary N) is 1. The molecular formula is C16H24N2O3. The predicted octanol–water partition coefficient (Wildman–Crippen LogP) is 0.857. The monoisotopic (exact) mass is 292 g/mol. The first-order valence-corrected chi connectivity index (χ1v) is 7.36. The van der Waals surface area contributed by atoms with Gasteiger partial charge in [0.2, 0.25) is 5.91 Å². The second kappa shape index (κ2) is 6.91. The van der Waals surface area contributed by atoms with Gasteiger partial charge in [0.1, 0.15) is 5.75 Å². The maximum atomic E-state index is 12.2. The van der Waals surface area contributed by atoms with Crippen molar-refractivity contribution in [2.24, 2.45) is 5.73 Å². The number of nitrogens with zero attached hydrogens (tertiary/aromatic N) is 1. The van der Waals surface area contributed by atoms with E-state index in [1.54, 1.807) is 12.0 Å². The van der Waals surface area contributed by atoms with E-state index >= 15 is 0 Å². The van der Waals surface area contributed by atoms with Gasteiger partial charge in [0.25, 0.3) is 0 Å². The average molecular weight is 292 g/mol. The molecule has 0 spiro atoms. The summed E-state index contributed by atoms with van der Waals surface area (Å²) < 4.78 is 5.29. The van der Waals surface area contributed by atoms with Crippen molar-refractivity contribution in [1.82, 2.24) is 4.90 Å². The molecule has 1 aromatic rings. The number of piperidine rings is 1. The molecule has 116 valence electrons. The highest BCUT2D eigenvalue weighted by atomic mass is 16.5. The highest BCUT2D eigenvalue weighted by Crippen LogP contribution is 2.20. The minimum absolute atomic E-state index is 0.0699. The molecule has 0 saturated carbocycles. The average Bonchev–Trinajstić information content (AvgIpc) is 2.48. The molecular weight excluding hydrogens is 268 g/mol. The molecule has 5 heteroatoms. The molecule has 0 aliphatic carbocycles. The van der Waals surface area contributed by atoms with Crippen molar-refractivity contribution in [3.63, 3.8) is 0 Å². The van der Waals surface area contributed by atoms with Crippen LogP contribution in [0.4, 0.5) is 0 Å². The van der Waals surface area contributed by atoms with Gasteiger partial charge in [-0.25, -0.2) is 0 Å². The lowest BCUT2D eigenvalue weighted by Crippen LogP contribution is -2.52. The number of carbonyl (C=O) groups is 1. The molecule has 0 bridgehead atoms. The van der Waals surface area contributed by atoms with Gasteiger partial charge < -0.3 is 20.5 Å². The van der Waals surface area contributed by atoms with E-state index in [2.05, 4.69) is 0 Å². The molecule has 3 N–H and O–H groups in total. The first kappa shape index (κ1) is 15.8. The lowest BCUT2D eigenvalue weighted by Gasteiger charge is -2.34. The van der Waals surface area contributed by atoms with Crippen LogP contribution in [0.25, 0.3) is 0 Å². The van der Waals surface area contributed by atoms with Crippen LogP contribution in [-0.4, -0.2) is 48.3 Å². The Hall–Kier alpha value is -1.59. The number of carbonyl (C=O) groups excluding carboxylic acids is 1. The van der Waals surface area contributed by atoms with E-state index < -0.39 is 6.10 Å². The number of aliphatic hydroxyl groups excluding tert-OH is 1. The minimum Gasteiger partial charge on any atom is -0.496 e. The summed E-state index contributed by atoms with van der Waals surface area (Å²) in [5.74, 6) is 0.916. The first-order chi connectivity index (χ1) is 10.0. The summed E-state index contributed by atoms with van der Waals surface area (Å²) in [6.07, 6.45) is 1.16. The number of ether oxygens (including phenoxy) is 1. The Bertz CT molecular complexity index is 504. The lowest BCUT2D eigenvalue weighted by atomic mass is 10.0. The van der Waals surface area contributed by atoms with Gasteiger partial charge in [-0.1, -0.05) is 12.1 Å². The van der Waals surface area contributed by atoms with Crippen LogP contribution in [0.2, 0.25) is 0 Å². The molecule has 2 rings (SSSR count). The molecule has 1 aliphatic heterocycles. The fourth-order valence-corrected chi connectivity index (χ4v) is 2.61. The van der Waals surface area contributed by atoms with Crippen LogP contribution in [0, 0.1) is 6.92 Å². The summed E-state index contributed by atoms with van der Waals surface area (Å²) in [5, 5.41) is 9.75. The van der Waals surface area contributed by atoms with Crippen molar-refractivity contribution in [3.8, 4) is 5.75 Å². The minimum atomic E-state index is -0.609. The van der Waals surface area contributed by atoms with E-state index in [9.17, 15) is 9.90 Å². The Morgan fingerprint density at radius 2 is 2.29 bits per heavy atom. The SMILES string of the molecule is COc1cc(CCC(=O)N2CC[C@@H](N)[C@H](O)C2)ccc1C. The third kappa shape index (κ3) is 3.95. The van der Waals surface area contributed by atoms with Crippen molar-refractivity contribution in [2.45, 2.75) is 38.3 Å². The number of amides is 1. The third-order valence-electron chi connectivity index (χ3n) is 4.09. The Morgan fingerprint density at radius 3 is 2.95 bits per heavy atom. The molecule has 1 amide bonds. The number of aryl methyl sites for hydroxylation is 2. The van der Waals surface area contributed by atoms with E-state index in [-0.39, 0.29) is 11.9 Å².